The Morgan fingerprint density at radius 2 is 1.68 bits per heavy atom. The number of ether oxygens (including phenoxy) is 2. The van der Waals surface area contributed by atoms with Crippen molar-refractivity contribution in [2.75, 3.05) is 26.1 Å². The third kappa shape index (κ3) is 5.34. The fourth-order valence-electron chi connectivity index (χ4n) is 2.62. The fraction of sp³-hybridized carbons (Fsp3) is 0.316. The van der Waals surface area contributed by atoms with Crippen LogP contribution in [0.25, 0.3) is 0 Å². The molecule has 6 heteroatoms. The Morgan fingerprint density at radius 1 is 1.04 bits per heavy atom. The van der Waals surface area contributed by atoms with Gasteiger partial charge in [0.1, 0.15) is 0 Å². The second kappa shape index (κ2) is 9.06. The molecule has 0 aromatic heterocycles. The van der Waals surface area contributed by atoms with Crippen molar-refractivity contribution in [3.63, 3.8) is 0 Å². The molecule has 0 fully saturated rings. The summed E-state index contributed by atoms with van der Waals surface area (Å²) in [5.74, 6) is 1.47. The van der Waals surface area contributed by atoms with E-state index < -0.39 is 0 Å². The molecule has 0 aliphatic heterocycles. The molecule has 0 unspecified atom stereocenters. The summed E-state index contributed by atoms with van der Waals surface area (Å²) < 4.78 is 11.7. The van der Waals surface area contributed by atoms with Crippen molar-refractivity contribution in [1.82, 2.24) is 5.32 Å². The molecule has 0 heterocycles. The van der Waals surface area contributed by atoms with Gasteiger partial charge in [0.25, 0.3) is 0 Å². The molecule has 25 heavy (non-hydrogen) atoms. The molecule has 0 radical (unpaired) electrons. The van der Waals surface area contributed by atoms with Crippen molar-refractivity contribution in [3.05, 3.63) is 51.5 Å². The van der Waals surface area contributed by atoms with Gasteiger partial charge in [0.05, 0.1) is 14.2 Å². The van der Waals surface area contributed by atoms with E-state index in [1.165, 1.54) is 0 Å². The lowest BCUT2D eigenvalue weighted by Gasteiger charge is -2.15. The van der Waals surface area contributed by atoms with Crippen LogP contribution in [0.4, 0.5) is 5.69 Å². The minimum absolute atomic E-state index is 0.619. The highest BCUT2D eigenvalue weighted by Crippen LogP contribution is 2.27. The van der Waals surface area contributed by atoms with Crippen LogP contribution >= 0.6 is 28.1 Å². The molecule has 2 aromatic rings. The Bertz CT molecular complexity index is 742. The van der Waals surface area contributed by atoms with E-state index in [1.807, 2.05) is 18.2 Å². The van der Waals surface area contributed by atoms with Crippen LogP contribution in [0.15, 0.2) is 34.8 Å². The van der Waals surface area contributed by atoms with Gasteiger partial charge in [0.2, 0.25) is 0 Å². The SMILES string of the molecule is COc1ccc(CCNC(=S)Nc2c(C)cc(Br)cc2C)cc1OC. The van der Waals surface area contributed by atoms with E-state index in [0.717, 1.165) is 51.3 Å². The van der Waals surface area contributed by atoms with Gasteiger partial charge in [-0.2, -0.15) is 0 Å². The molecule has 0 aliphatic carbocycles. The van der Waals surface area contributed by atoms with Gasteiger partial charge in [-0.05, 0) is 73.4 Å². The van der Waals surface area contributed by atoms with Gasteiger partial charge in [-0.1, -0.05) is 22.0 Å². The first-order valence-corrected chi connectivity index (χ1v) is 9.17. The first-order valence-electron chi connectivity index (χ1n) is 7.97. The molecule has 0 spiro atoms. The molecule has 4 nitrogen and oxygen atoms in total. The normalized spacial score (nSPS) is 10.3. The summed E-state index contributed by atoms with van der Waals surface area (Å²) in [4.78, 5) is 0. The minimum atomic E-state index is 0.619. The van der Waals surface area contributed by atoms with Crippen LogP contribution in [0.5, 0.6) is 11.5 Å². The molecule has 0 saturated heterocycles. The van der Waals surface area contributed by atoms with E-state index in [4.69, 9.17) is 21.7 Å². The lowest BCUT2D eigenvalue weighted by molar-refractivity contribution is 0.354. The quantitative estimate of drug-likeness (QED) is 0.665. The average molecular weight is 423 g/mol. The monoisotopic (exact) mass is 422 g/mol. The summed E-state index contributed by atoms with van der Waals surface area (Å²) in [5, 5.41) is 7.16. The van der Waals surface area contributed by atoms with Gasteiger partial charge < -0.3 is 20.1 Å². The van der Waals surface area contributed by atoms with Crippen LogP contribution in [-0.2, 0) is 6.42 Å². The van der Waals surface area contributed by atoms with Crippen molar-refractivity contribution in [2.24, 2.45) is 0 Å². The second-order valence-electron chi connectivity index (χ2n) is 5.73. The van der Waals surface area contributed by atoms with Crippen molar-refractivity contribution in [1.29, 1.82) is 0 Å². The standard InChI is InChI=1S/C19H23BrN2O2S/c1-12-9-15(20)10-13(2)18(12)22-19(25)21-8-7-14-5-6-16(23-3)17(11-14)24-4/h5-6,9-11H,7-8H2,1-4H3,(H2,21,22,25). The zero-order valence-corrected chi connectivity index (χ0v) is 17.3. The maximum atomic E-state index is 5.41. The summed E-state index contributed by atoms with van der Waals surface area (Å²) in [6.07, 6.45) is 0.834. The molecule has 2 aromatic carbocycles. The molecule has 0 atom stereocenters. The predicted molar refractivity (Wildman–Crippen MR) is 111 cm³/mol. The van der Waals surface area contributed by atoms with Crippen molar-refractivity contribution < 1.29 is 9.47 Å². The molecule has 2 rings (SSSR count). The van der Waals surface area contributed by atoms with Crippen LogP contribution in [0, 0.1) is 13.8 Å². The molecular weight excluding hydrogens is 400 g/mol. The van der Waals surface area contributed by atoms with E-state index >= 15 is 0 Å². The molecule has 0 saturated carbocycles. The highest BCUT2D eigenvalue weighted by molar-refractivity contribution is 9.10. The Morgan fingerprint density at radius 3 is 2.28 bits per heavy atom. The third-order valence-corrected chi connectivity index (χ3v) is 4.59. The lowest BCUT2D eigenvalue weighted by Crippen LogP contribution is -2.30. The van der Waals surface area contributed by atoms with Gasteiger partial charge >= 0.3 is 0 Å². The first kappa shape index (κ1) is 19.5. The van der Waals surface area contributed by atoms with E-state index in [9.17, 15) is 0 Å². The number of methoxy groups -OCH3 is 2. The molecular formula is C19H23BrN2O2S. The third-order valence-electron chi connectivity index (χ3n) is 3.88. The van der Waals surface area contributed by atoms with Gasteiger partial charge in [-0.3, -0.25) is 0 Å². The fourth-order valence-corrected chi connectivity index (χ4v) is 3.51. The Hall–Kier alpha value is -1.79. The van der Waals surface area contributed by atoms with E-state index in [0.29, 0.717) is 5.11 Å². The summed E-state index contributed by atoms with van der Waals surface area (Å²) >= 11 is 8.92. The Kier molecular flexibility index (Phi) is 7.08. The number of halogens is 1. The number of thiocarbonyl (C=S) groups is 1. The zero-order chi connectivity index (χ0) is 18.4. The topological polar surface area (TPSA) is 42.5 Å². The smallest absolute Gasteiger partial charge is 0.170 e. The molecule has 0 aliphatic rings. The van der Waals surface area contributed by atoms with E-state index in [2.05, 4.69) is 52.5 Å². The molecule has 0 bridgehead atoms. The van der Waals surface area contributed by atoms with Gasteiger partial charge in [0.15, 0.2) is 16.6 Å². The maximum absolute atomic E-state index is 5.41. The van der Waals surface area contributed by atoms with Gasteiger partial charge in [-0.15, -0.1) is 0 Å². The lowest BCUT2D eigenvalue weighted by atomic mass is 10.1. The first-order chi connectivity index (χ1) is 11.9. The molecule has 134 valence electrons. The van der Waals surface area contributed by atoms with Crippen molar-refractivity contribution >= 4 is 38.9 Å². The van der Waals surface area contributed by atoms with Crippen LogP contribution in [0.3, 0.4) is 0 Å². The molecule has 2 N–H and O–H groups in total. The average Bonchev–Trinajstić information content (AvgIpc) is 2.58. The largest absolute Gasteiger partial charge is 0.493 e. The van der Waals surface area contributed by atoms with Crippen LogP contribution < -0.4 is 20.1 Å². The highest BCUT2D eigenvalue weighted by Gasteiger charge is 2.07. The number of hydrogen-bond donors (Lipinski definition) is 2. The van der Waals surface area contributed by atoms with Crippen LogP contribution in [-0.4, -0.2) is 25.9 Å². The van der Waals surface area contributed by atoms with Crippen LogP contribution in [0.1, 0.15) is 16.7 Å². The predicted octanol–water partition coefficient (Wildman–Crippen LogP) is 4.61. The summed E-state index contributed by atoms with van der Waals surface area (Å²) in [5.41, 5.74) is 4.50. The number of rotatable bonds is 6. The van der Waals surface area contributed by atoms with Crippen molar-refractivity contribution in [2.45, 2.75) is 20.3 Å². The number of aryl methyl sites for hydroxylation is 2. The van der Waals surface area contributed by atoms with E-state index in [1.54, 1.807) is 14.2 Å². The Balaban J connectivity index is 1.91. The highest BCUT2D eigenvalue weighted by atomic mass is 79.9. The second-order valence-corrected chi connectivity index (χ2v) is 7.06. The van der Waals surface area contributed by atoms with Gasteiger partial charge in [-0.25, -0.2) is 0 Å². The van der Waals surface area contributed by atoms with E-state index in [-0.39, 0.29) is 0 Å². The zero-order valence-electron chi connectivity index (χ0n) is 14.9. The van der Waals surface area contributed by atoms with Crippen LogP contribution in [0.2, 0.25) is 0 Å². The number of hydrogen-bond acceptors (Lipinski definition) is 3. The summed E-state index contributed by atoms with van der Waals surface area (Å²) in [6.45, 7) is 4.86. The Labute approximate surface area is 163 Å². The molecule has 0 amide bonds. The summed E-state index contributed by atoms with van der Waals surface area (Å²) in [7, 11) is 3.27. The van der Waals surface area contributed by atoms with Gasteiger partial charge in [0, 0.05) is 16.7 Å². The van der Waals surface area contributed by atoms with Crippen molar-refractivity contribution in [3.8, 4) is 11.5 Å². The maximum Gasteiger partial charge on any atom is 0.170 e. The number of nitrogens with one attached hydrogen (secondary N) is 2. The number of benzene rings is 2. The minimum Gasteiger partial charge on any atom is -0.493 e. The number of anilines is 1. The summed E-state index contributed by atoms with van der Waals surface area (Å²) in [6, 6.07) is 10.1.